The number of aliphatic imine (C=N–C) groups is 2. The summed E-state index contributed by atoms with van der Waals surface area (Å²) in [4.78, 5) is 32.2. The monoisotopic (exact) mass is 402 g/mol. The molecule has 0 saturated heterocycles. The van der Waals surface area contributed by atoms with Gasteiger partial charge in [0.2, 0.25) is 17.8 Å². The molecule has 2 aromatic rings. The molecule has 0 bridgehead atoms. The summed E-state index contributed by atoms with van der Waals surface area (Å²) in [6.07, 6.45) is -0.216. The summed E-state index contributed by atoms with van der Waals surface area (Å²) >= 11 is 5.67. The van der Waals surface area contributed by atoms with Gasteiger partial charge in [0.1, 0.15) is 11.9 Å². The Morgan fingerprint density at radius 3 is 2.68 bits per heavy atom. The Hall–Kier alpha value is -3.46. The standard InChI is InChI=1S/C18H16ClFN6O2/c19-12-8-11(6-7-13(12)20)22-15(27)9-14-16(28)25-18(24-14)26-17(21)23-10-4-2-1-3-5-10/h1-8,14H,9H2,(H,22,27)(H4,21,23,24,25,26,28)/t14-/m1/s1. The molecule has 1 aliphatic rings. The highest BCUT2D eigenvalue weighted by Gasteiger charge is 2.28. The van der Waals surface area contributed by atoms with Crippen LogP contribution >= 0.6 is 11.6 Å². The minimum atomic E-state index is -0.945. The van der Waals surface area contributed by atoms with Crippen molar-refractivity contribution in [3.05, 3.63) is 59.4 Å². The van der Waals surface area contributed by atoms with E-state index in [0.29, 0.717) is 5.69 Å². The van der Waals surface area contributed by atoms with E-state index in [9.17, 15) is 14.0 Å². The zero-order chi connectivity index (χ0) is 20.1. The van der Waals surface area contributed by atoms with E-state index in [1.54, 1.807) is 12.1 Å². The van der Waals surface area contributed by atoms with E-state index in [1.165, 1.54) is 12.1 Å². The molecule has 8 nitrogen and oxygen atoms in total. The van der Waals surface area contributed by atoms with E-state index in [-0.39, 0.29) is 23.4 Å². The molecule has 10 heteroatoms. The molecule has 2 aromatic carbocycles. The van der Waals surface area contributed by atoms with Crippen LogP contribution in [0.4, 0.5) is 15.8 Å². The average molecular weight is 403 g/mol. The first-order valence-corrected chi connectivity index (χ1v) is 8.58. The lowest BCUT2D eigenvalue weighted by Crippen LogP contribution is -2.32. The second-order valence-electron chi connectivity index (χ2n) is 5.83. The van der Waals surface area contributed by atoms with Crippen molar-refractivity contribution in [1.82, 2.24) is 5.32 Å². The molecule has 0 aromatic heterocycles. The van der Waals surface area contributed by atoms with Gasteiger partial charge in [-0.1, -0.05) is 29.8 Å². The Balaban J connectivity index is 1.60. The lowest BCUT2D eigenvalue weighted by molar-refractivity contribution is -0.123. The highest BCUT2D eigenvalue weighted by Crippen LogP contribution is 2.20. The number of nitrogens with two attached hydrogens (primary N) is 1. The molecule has 0 radical (unpaired) electrons. The number of nitrogens with one attached hydrogen (secondary N) is 3. The maximum Gasteiger partial charge on any atom is 0.252 e. The second kappa shape index (κ2) is 8.49. The van der Waals surface area contributed by atoms with E-state index in [0.717, 1.165) is 11.8 Å². The van der Waals surface area contributed by atoms with Crippen LogP contribution in [-0.4, -0.2) is 29.8 Å². The summed E-state index contributed by atoms with van der Waals surface area (Å²) in [7, 11) is 0. The fourth-order valence-corrected chi connectivity index (χ4v) is 2.58. The Bertz CT molecular complexity index is 964. The summed E-state index contributed by atoms with van der Waals surface area (Å²) in [6, 6.07) is 11.9. The Kier molecular flexibility index (Phi) is 5.85. The molecule has 0 unspecified atom stereocenters. The van der Waals surface area contributed by atoms with Gasteiger partial charge in [-0.2, -0.15) is 4.99 Å². The van der Waals surface area contributed by atoms with Gasteiger partial charge < -0.3 is 16.4 Å². The lowest BCUT2D eigenvalue weighted by atomic mass is 10.2. The summed E-state index contributed by atoms with van der Waals surface area (Å²) in [5.74, 6) is -1.50. The smallest absolute Gasteiger partial charge is 0.252 e. The van der Waals surface area contributed by atoms with Gasteiger partial charge in [-0.25, -0.2) is 9.38 Å². The number of guanidine groups is 2. The minimum Gasteiger partial charge on any atom is -0.369 e. The first-order valence-electron chi connectivity index (χ1n) is 8.20. The highest BCUT2D eigenvalue weighted by molar-refractivity contribution is 6.31. The van der Waals surface area contributed by atoms with Crippen molar-refractivity contribution in [2.75, 3.05) is 10.6 Å². The summed E-state index contributed by atoms with van der Waals surface area (Å²) in [5, 5.41) is 7.73. The van der Waals surface area contributed by atoms with Gasteiger partial charge in [-0.05, 0) is 30.3 Å². The third-order valence-electron chi connectivity index (χ3n) is 3.67. The minimum absolute atomic E-state index is 0.00792. The molecule has 144 valence electrons. The number of carbonyl (C=O) groups is 2. The van der Waals surface area contributed by atoms with Gasteiger partial charge in [-0.15, -0.1) is 0 Å². The molecule has 0 saturated carbocycles. The number of rotatable bonds is 4. The van der Waals surface area contributed by atoms with Crippen LogP contribution in [0.3, 0.4) is 0 Å². The number of halogens is 2. The number of hydrogen-bond acceptors (Lipinski definition) is 4. The third-order valence-corrected chi connectivity index (χ3v) is 3.96. The van der Waals surface area contributed by atoms with Gasteiger partial charge in [0.05, 0.1) is 11.4 Å². The van der Waals surface area contributed by atoms with E-state index >= 15 is 0 Å². The number of benzene rings is 2. The molecule has 0 spiro atoms. The number of para-hydroxylation sites is 1. The summed E-state index contributed by atoms with van der Waals surface area (Å²) < 4.78 is 13.2. The molecule has 1 aliphatic heterocycles. The first-order chi connectivity index (χ1) is 13.4. The van der Waals surface area contributed by atoms with E-state index in [2.05, 4.69) is 25.9 Å². The number of nitrogens with zero attached hydrogens (tertiary/aromatic N) is 2. The highest BCUT2D eigenvalue weighted by atomic mass is 35.5. The van der Waals surface area contributed by atoms with E-state index in [1.807, 2.05) is 18.2 Å². The molecule has 0 fully saturated rings. The van der Waals surface area contributed by atoms with Crippen LogP contribution in [0.2, 0.25) is 5.02 Å². The molecule has 0 aliphatic carbocycles. The van der Waals surface area contributed by atoms with Gasteiger partial charge in [0, 0.05) is 11.4 Å². The number of carbonyl (C=O) groups excluding carboxylic acids is 2. The number of anilines is 2. The fourth-order valence-electron chi connectivity index (χ4n) is 2.40. The molecule has 2 amide bonds. The quantitative estimate of drug-likeness (QED) is 0.462. The Morgan fingerprint density at radius 1 is 1.21 bits per heavy atom. The van der Waals surface area contributed by atoms with Crippen LogP contribution in [-0.2, 0) is 9.59 Å². The molecule has 5 N–H and O–H groups in total. The SMILES string of the molecule is NC(=NC1=N[C@H](CC(=O)Nc2ccc(F)c(Cl)c2)C(=O)N1)Nc1ccccc1. The van der Waals surface area contributed by atoms with Crippen molar-refractivity contribution in [2.24, 2.45) is 15.7 Å². The van der Waals surface area contributed by atoms with Gasteiger partial charge in [-0.3, -0.25) is 14.9 Å². The van der Waals surface area contributed by atoms with Crippen molar-refractivity contribution >= 4 is 46.7 Å². The number of hydrogen-bond donors (Lipinski definition) is 4. The van der Waals surface area contributed by atoms with Gasteiger partial charge in [0.25, 0.3) is 5.91 Å². The molecule has 1 atom stereocenters. The van der Waals surface area contributed by atoms with Crippen LogP contribution < -0.4 is 21.7 Å². The Labute approximate surface area is 164 Å². The molecular weight excluding hydrogens is 387 g/mol. The topological polar surface area (TPSA) is 121 Å². The average Bonchev–Trinajstić information content (AvgIpc) is 2.97. The van der Waals surface area contributed by atoms with Crippen molar-refractivity contribution in [3.63, 3.8) is 0 Å². The maximum absolute atomic E-state index is 13.2. The van der Waals surface area contributed by atoms with Crippen LogP contribution in [0.25, 0.3) is 0 Å². The van der Waals surface area contributed by atoms with Gasteiger partial charge >= 0.3 is 0 Å². The third kappa shape index (κ3) is 5.04. The molecular formula is C18H16ClFN6O2. The molecule has 3 rings (SSSR count). The normalized spacial score (nSPS) is 16.4. The maximum atomic E-state index is 13.2. The molecule has 28 heavy (non-hydrogen) atoms. The lowest BCUT2D eigenvalue weighted by Gasteiger charge is -2.07. The first kappa shape index (κ1) is 19.3. The van der Waals surface area contributed by atoms with E-state index in [4.69, 9.17) is 17.3 Å². The van der Waals surface area contributed by atoms with Crippen molar-refractivity contribution in [2.45, 2.75) is 12.5 Å². The predicted octanol–water partition coefficient (Wildman–Crippen LogP) is 2.09. The van der Waals surface area contributed by atoms with E-state index < -0.39 is 23.7 Å². The summed E-state index contributed by atoms with van der Waals surface area (Å²) in [6.45, 7) is 0. The second-order valence-corrected chi connectivity index (χ2v) is 6.23. The van der Waals surface area contributed by atoms with Crippen LogP contribution in [0, 0.1) is 5.82 Å². The van der Waals surface area contributed by atoms with Crippen molar-refractivity contribution in [3.8, 4) is 0 Å². The van der Waals surface area contributed by atoms with Gasteiger partial charge in [0.15, 0.2) is 0 Å². The number of amides is 2. The van der Waals surface area contributed by atoms with Crippen molar-refractivity contribution in [1.29, 1.82) is 0 Å². The van der Waals surface area contributed by atoms with Crippen LogP contribution in [0.15, 0.2) is 58.5 Å². The predicted molar refractivity (Wildman–Crippen MR) is 106 cm³/mol. The molecule has 1 heterocycles. The zero-order valence-electron chi connectivity index (χ0n) is 14.4. The fraction of sp³-hybridized carbons (Fsp3) is 0.111. The van der Waals surface area contributed by atoms with Crippen LogP contribution in [0.5, 0.6) is 0 Å². The Morgan fingerprint density at radius 2 is 1.96 bits per heavy atom. The van der Waals surface area contributed by atoms with Crippen LogP contribution in [0.1, 0.15) is 6.42 Å². The largest absolute Gasteiger partial charge is 0.369 e. The summed E-state index contributed by atoms with van der Waals surface area (Å²) in [5.41, 5.74) is 6.83. The van der Waals surface area contributed by atoms with Crippen molar-refractivity contribution < 1.29 is 14.0 Å². The zero-order valence-corrected chi connectivity index (χ0v) is 15.2.